The van der Waals surface area contributed by atoms with E-state index in [0.29, 0.717) is 23.0 Å². The third kappa shape index (κ3) is 3.73. The summed E-state index contributed by atoms with van der Waals surface area (Å²) in [4.78, 5) is 23.4. The number of carbonyl (C=O) groups is 2. The van der Waals surface area contributed by atoms with Crippen LogP contribution in [0.4, 0.5) is 4.79 Å². The van der Waals surface area contributed by atoms with Crippen molar-refractivity contribution in [2.75, 3.05) is 7.11 Å². The van der Waals surface area contributed by atoms with E-state index in [1.54, 1.807) is 25.3 Å². The molecule has 0 bridgehead atoms. The molecule has 6 heteroatoms. The van der Waals surface area contributed by atoms with E-state index in [1.807, 2.05) is 30.3 Å². The van der Waals surface area contributed by atoms with Crippen molar-refractivity contribution in [2.24, 2.45) is 0 Å². The number of amides is 2. The van der Waals surface area contributed by atoms with E-state index in [4.69, 9.17) is 9.47 Å². The molecule has 0 aliphatic carbocycles. The molecule has 1 heterocycles. The first-order chi connectivity index (χ1) is 13.6. The molecule has 3 aromatic carbocycles. The summed E-state index contributed by atoms with van der Waals surface area (Å²) in [5.74, 6) is 0.783. The Kier molecular flexibility index (Phi) is 5.04. The summed E-state index contributed by atoms with van der Waals surface area (Å²) in [5.41, 5.74) is 1.82. The number of benzene rings is 3. The minimum Gasteiger partial charge on any atom is -0.493 e. The number of hydrogen-bond donors (Lipinski definition) is 1. The topological polar surface area (TPSA) is 64.6 Å². The molecule has 1 fully saturated rings. The second-order valence-corrected chi connectivity index (χ2v) is 7.20. The highest BCUT2D eigenvalue weighted by Gasteiger charge is 2.25. The molecule has 1 aliphatic heterocycles. The van der Waals surface area contributed by atoms with Gasteiger partial charge in [-0.2, -0.15) is 0 Å². The second kappa shape index (κ2) is 7.78. The molecule has 0 unspecified atom stereocenters. The van der Waals surface area contributed by atoms with Crippen LogP contribution >= 0.6 is 11.8 Å². The third-order valence-corrected chi connectivity index (χ3v) is 5.20. The first kappa shape index (κ1) is 18.1. The van der Waals surface area contributed by atoms with E-state index in [2.05, 4.69) is 23.5 Å². The highest BCUT2D eigenvalue weighted by atomic mass is 32.2. The Morgan fingerprint density at radius 2 is 1.82 bits per heavy atom. The lowest BCUT2D eigenvalue weighted by Crippen LogP contribution is -2.17. The van der Waals surface area contributed by atoms with E-state index in [1.165, 1.54) is 0 Å². The van der Waals surface area contributed by atoms with Gasteiger partial charge in [-0.05, 0) is 51.9 Å². The van der Waals surface area contributed by atoms with Crippen molar-refractivity contribution in [2.45, 2.75) is 6.61 Å². The first-order valence-corrected chi connectivity index (χ1v) is 9.48. The van der Waals surface area contributed by atoms with Gasteiger partial charge in [-0.25, -0.2) is 0 Å². The Labute approximate surface area is 166 Å². The first-order valence-electron chi connectivity index (χ1n) is 8.66. The highest BCUT2D eigenvalue weighted by Crippen LogP contribution is 2.32. The minimum atomic E-state index is -0.385. The average Bonchev–Trinajstić information content (AvgIpc) is 3.03. The van der Waals surface area contributed by atoms with Gasteiger partial charge in [0, 0.05) is 0 Å². The number of imide groups is 1. The van der Waals surface area contributed by atoms with Crippen LogP contribution < -0.4 is 14.8 Å². The van der Waals surface area contributed by atoms with Crippen LogP contribution in [0, 0.1) is 0 Å². The van der Waals surface area contributed by atoms with Gasteiger partial charge in [-0.15, -0.1) is 0 Å². The summed E-state index contributed by atoms with van der Waals surface area (Å²) < 4.78 is 11.4. The summed E-state index contributed by atoms with van der Waals surface area (Å²) in [6, 6.07) is 19.7. The SMILES string of the molecule is COc1ccc(/C=C2\SC(=O)NC2=O)cc1OCc1cccc2ccccc12. The van der Waals surface area contributed by atoms with Gasteiger partial charge < -0.3 is 9.47 Å². The molecule has 0 aromatic heterocycles. The van der Waals surface area contributed by atoms with Gasteiger partial charge in [0.15, 0.2) is 11.5 Å². The number of ether oxygens (including phenoxy) is 2. The fourth-order valence-corrected chi connectivity index (χ4v) is 3.72. The Balaban J connectivity index is 1.61. The van der Waals surface area contributed by atoms with Gasteiger partial charge in [-0.3, -0.25) is 14.9 Å². The minimum absolute atomic E-state index is 0.357. The highest BCUT2D eigenvalue weighted by molar-refractivity contribution is 8.18. The molecule has 0 saturated carbocycles. The zero-order valence-corrected chi connectivity index (χ0v) is 15.9. The van der Waals surface area contributed by atoms with Crippen LogP contribution in [0.2, 0.25) is 0 Å². The number of thioether (sulfide) groups is 1. The van der Waals surface area contributed by atoms with E-state index >= 15 is 0 Å². The van der Waals surface area contributed by atoms with E-state index < -0.39 is 0 Å². The molecular weight excluding hydrogens is 374 g/mol. The summed E-state index contributed by atoms with van der Waals surface area (Å²) in [6.45, 7) is 0.380. The largest absolute Gasteiger partial charge is 0.493 e. The van der Waals surface area contributed by atoms with Crippen LogP contribution in [0.1, 0.15) is 11.1 Å². The van der Waals surface area contributed by atoms with E-state index in [-0.39, 0.29) is 11.1 Å². The molecule has 0 radical (unpaired) electrons. The lowest BCUT2D eigenvalue weighted by molar-refractivity contribution is -0.115. The van der Waals surface area contributed by atoms with Crippen molar-refractivity contribution < 1.29 is 19.1 Å². The summed E-state index contributed by atoms with van der Waals surface area (Å²) in [5, 5.41) is 4.18. The van der Waals surface area contributed by atoms with Crippen molar-refractivity contribution in [3.05, 3.63) is 76.7 Å². The monoisotopic (exact) mass is 391 g/mol. The Hall–Kier alpha value is -3.25. The normalized spacial score (nSPS) is 15.1. The molecule has 1 aliphatic rings. The zero-order valence-electron chi connectivity index (χ0n) is 15.1. The molecule has 0 spiro atoms. The molecule has 1 saturated heterocycles. The van der Waals surface area contributed by atoms with Crippen molar-refractivity contribution in [1.29, 1.82) is 0 Å². The van der Waals surface area contributed by atoms with Crippen LogP contribution in [-0.4, -0.2) is 18.3 Å². The predicted octanol–water partition coefficient (Wildman–Crippen LogP) is 4.75. The number of hydrogen-bond acceptors (Lipinski definition) is 5. The second-order valence-electron chi connectivity index (χ2n) is 6.19. The maximum atomic E-state index is 11.8. The number of carbonyl (C=O) groups excluding carboxylic acids is 2. The van der Waals surface area contributed by atoms with Gasteiger partial charge in [0.1, 0.15) is 6.61 Å². The Morgan fingerprint density at radius 3 is 2.61 bits per heavy atom. The molecule has 3 aromatic rings. The van der Waals surface area contributed by atoms with Gasteiger partial charge in [0.05, 0.1) is 12.0 Å². The molecule has 4 rings (SSSR count). The van der Waals surface area contributed by atoms with Crippen molar-refractivity contribution in [3.63, 3.8) is 0 Å². The van der Waals surface area contributed by atoms with Crippen molar-refractivity contribution in [1.82, 2.24) is 5.32 Å². The molecule has 2 amide bonds. The molecule has 0 atom stereocenters. The number of rotatable bonds is 5. The quantitative estimate of drug-likeness (QED) is 0.636. The van der Waals surface area contributed by atoms with Gasteiger partial charge in [-0.1, -0.05) is 48.5 Å². The van der Waals surface area contributed by atoms with E-state index in [9.17, 15) is 9.59 Å². The number of nitrogens with one attached hydrogen (secondary N) is 1. The van der Waals surface area contributed by atoms with Crippen molar-refractivity contribution >= 4 is 39.8 Å². The summed E-state index contributed by atoms with van der Waals surface area (Å²) in [6.07, 6.45) is 1.66. The standard InChI is InChI=1S/C22H17NO4S/c1-26-18-10-9-14(12-20-21(24)23-22(25)28-20)11-19(18)27-13-16-7-4-6-15-5-2-3-8-17(15)16/h2-12H,13H2,1H3,(H,23,24,25)/b20-12-. The fourth-order valence-electron chi connectivity index (χ4n) is 3.04. The zero-order chi connectivity index (χ0) is 19.5. The Bertz CT molecular complexity index is 1100. The average molecular weight is 391 g/mol. The molecular formula is C22H17NO4S. The van der Waals surface area contributed by atoms with Gasteiger partial charge in [0.25, 0.3) is 11.1 Å². The molecule has 5 nitrogen and oxygen atoms in total. The molecule has 28 heavy (non-hydrogen) atoms. The predicted molar refractivity (Wildman–Crippen MR) is 110 cm³/mol. The van der Waals surface area contributed by atoms with Crippen LogP contribution in [0.5, 0.6) is 11.5 Å². The summed E-state index contributed by atoms with van der Waals surface area (Å²) in [7, 11) is 1.58. The van der Waals surface area contributed by atoms with Crippen LogP contribution in [0.3, 0.4) is 0 Å². The molecule has 1 N–H and O–H groups in total. The van der Waals surface area contributed by atoms with Gasteiger partial charge in [0.2, 0.25) is 0 Å². The van der Waals surface area contributed by atoms with Crippen LogP contribution in [-0.2, 0) is 11.4 Å². The fraction of sp³-hybridized carbons (Fsp3) is 0.0909. The number of methoxy groups -OCH3 is 1. The summed E-state index contributed by atoms with van der Waals surface area (Å²) >= 11 is 0.885. The van der Waals surface area contributed by atoms with Crippen LogP contribution in [0.15, 0.2) is 65.6 Å². The lowest BCUT2D eigenvalue weighted by atomic mass is 10.1. The van der Waals surface area contributed by atoms with Gasteiger partial charge >= 0.3 is 0 Å². The Morgan fingerprint density at radius 1 is 1.00 bits per heavy atom. The smallest absolute Gasteiger partial charge is 0.290 e. The maximum Gasteiger partial charge on any atom is 0.290 e. The van der Waals surface area contributed by atoms with Crippen LogP contribution in [0.25, 0.3) is 16.8 Å². The van der Waals surface area contributed by atoms with Crippen molar-refractivity contribution in [3.8, 4) is 11.5 Å². The lowest BCUT2D eigenvalue weighted by Gasteiger charge is -2.13. The number of fused-ring (bicyclic) bond motifs is 1. The third-order valence-electron chi connectivity index (χ3n) is 4.39. The molecule has 140 valence electrons. The van der Waals surface area contributed by atoms with E-state index in [0.717, 1.165) is 33.7 Å². The maximum absolute atomic E-state index is 11.8.